The van der Waals surface area contributed by atoms with Crippen molar-refractivity contribution in [1.29, 1.82) is 0 Å². The number of rotatable bonds is 6. The van der Waals surface area contributed by atoms with Crippen LogP contribution in [0.25, 0.3) is 0 Å². The van der Waals surface area contributed by atoms with Crippen molar-refractivity contribution in [1.82, 2.24) is 14.1 Å². The lowest BCUT2D eigenvalue weighted by Gasteiger charge is -2.22. The van der Waals surface area contributed by atoms with Crippen LogP contribution in [-0.4, -0.2) is 26.6 Å². The van der Waals surface area contributed by atoms with Gasteiger partial charge in [-0.2, -0.15) is 0 Å². The summed E-state index contributed by atoms with van der Waals surface area (Å²) >= 11 is 0. The molecule has 0 saturated heterocycles. The smallest absolute Gasteiger partial charge is 0.331 e. The zero-order chi connectivity index (χ0) is 19.2. The van der Waals surface area contributed by atoms with Crippen LogP contribution in [0.15, 0.2) is 40.2 Å². The number of hydrogen-bond acceptors (Lipinski definition) is 5. The van der Waals surface area contributed by atoms with E-state index in [-0.39, 0.29) is 6.54 Å². The van der Waals surface area contributed by atoms with Gasteiger partial charge in [0.05, 0.1) is 6.61 Å². The molecule has 3 rings (SSSR count). The fraction of sp³-hybridized carbons (Fsp3) is 0.474. The standard InChI is InChI=1S/C19H24N4O4/c1-22-17(25)9-11-23(19(22)26)12-16(24)21-18-15(8-5-10-20-18)27-13-14-6-3-2-4-7-14/h5,8-11,14H,2-4,6-7,12-13H2,1H3,(H,20,21,24). The molecule has 2 heterocycles. The molecule has 0 bridgehead atoms. The van der Waals surface area contributed by atoms with Crippen LogP contribution in [0.1, 0.15) is 32.1 Å². The van der Waals surface area contributed by atoms with Crippen LogP contribution >= 0.6 is 0 Å². The van der Waals surface area contributed by atoms with Gasteiger partial charge in [-0.15, -0.1) is 0 Å². The molecule has 0 radical (unpaired) electrons. The van der Waals surface area contributed by atoms with Gasteiger partial charge in [-0.3, -0.25) is 18.7 Å². The predicted molar refractivity (Wildman–Crippen MR) is 101 cm³/mol. The van der Waals surface area contributed by atoms with Gasteiger partial charge in [0.15, 0.2) is 11.6 Å². The van der Waals surface area contributed by atoms with E-state index in [0.29, 0.717) is 24.1 Å². The summed E-state index contributed by atoms with van der Waals surface area (Å²) in [7, 11) is 1.37. The molecule has 2 aromatic heterocycles. The van der Waals surface area contributed by atoms with Crippen LogP contribution in [0.5, 0.6) is 5.75 Å². The highest BCUT2D eigenvalue weighted by Crippen LogP contribution is 2.26. The lowest BCUT2D eigenvalue weighted by molar-refractivity contribution is -0.116. The minimum atomic E-state index is -0.549. The van der Waals surface area contributed by atoms with Gasteiger partial charge in [0.25, 0.3) is 5.56 Å². The monoisotopic (exact) mass is 372 g/mol. The lowest BCUT2D eigenvalue weighted by Crippen LogP contribution is -2.39. The fourth-order valence-corrected chi connectivity index (χ4v) is 3.23. The van der Waals surface area contributed by atoms with Crippen molar-refractivity contribution >= 4 is 11.7 Å². The molecule has 0 atom stereocenters. The number of hydrogen-bond donors (Lipinski definition) is 1. The van der Waals surface area contributed by atoms with E-state index in [9.17, 15) is 14.4 Å². The van der Waals surface area contributed by atoms with Gasteiger partial charge in [-0.25, -0.2) is 9.78 Å². The van der Waals surface area contributed by atoms with Crippen LogP contribution < -0.4 is 21.3 Å². The zero-order valence-electron chi connectivity index (χ0n) is 15.4. The summed E-state index contributed by atoms with van der Waals surface area (Å²) in [6, 6.07) is 4.77. The topological polar surface area (TPSA) is 95.2 Å². The Hall–Kier alpha value is -2.90. The van der Waals surface area contributed by atoms with Crippen molar-refractivity contribution in [2.45, 2.75) is 38.6 Å². The first-order chi connectivity index (χ1) is 13.0. The first-order valence-electron chi connectivity index (χ1n) is 9.19. The maximum atomic E-state index is 12.3. The molecule has 1 saturated carbocycles. The molecule has 27 heavy (non-hydrogen) atoms. The Balaban J connectivity index is 1.65. The number of aromatic nitrogens is 3. The third kappa shape index (κ3) is 4.84. The number of nitrogens with one attached hydrogen (secondary N) is 1. The van der Waals surface area contributed by atoms with E-state index in [4.69, 9.17) is 4.74 Å². The van der Waals surface area contributed by atoms with E-state index in [1.807, 2.05) is 0 Å². The molecule has 1 amide bonds. The van der Waals surface area contributed by atoms with Crippen molar-refractivity contribution in [2.24, 2.45) is 13.0 Å². The second-order valence-corrected chi connectivity index (χ2v) is 6.84. The van der Waals surface area contributed by atoms with Crippen LogP contribution in [0.3, 0.4) is 0 Å². The molecule has 1 aliphatic carbocycles. The number of pyridine rings is 1. The van der Waals surface area contributed by atoms with Gasteiger partial charge in [-0.1, -0.05) is 19.3 Å². The van der Waals surface area contributed by atoms with E-state index < -0.39 is 17.2 Å². The highest BCUT2D eigenvalue weighted by molar-refractivity contribution is 5.90. The Kier molecular flexibility index (Phi) is 6.05. The average Bonchev–Trinajstić information content (AvgIpc) is 2.68. The Morgan fingerprint density at radius 2 is 2.04 bits per heavy atom. The Morgan fingerprint density at radius 1 is 1.26 bits per heavy atom. The second kappa shape index (κ2) is 8.66. The van der Waals surface area contributed by atoms with Gasteiger partial charge in [0, 0.05) is 25.5 Å². The largest absolute Gasteiger partial charge is 0.489 e. The maximum absolute atomic E-state index is 12.3. The lowest BCUT2D eigenvalue weighted by atomic mass is 9.90. The third-order valence-electron chi connectivity index (χ3n) is 4.80. The highest BCUT2D eigenvalue weighted by atomic mass is 16.5. The van der Waals surface area contributed by atoms with E-state index in [1.165, 1.54) is 43.1 Å². The van der Waals surface area contributed by atoms with E-state index in [2.05, 4.69) is 10.3 Å². The van der Waals surface area contributed by atoms with Crippen molar-refractivity contribution in [3.8, 4) is 5.75 Å². The quantitative estimate of drug-likeness (QED) is 0.830. The molecular weight excluding hydrogens is 348 g/mol. The Bertz CT molecular complexity index is 912. The second-order valence-electron chi connectivity index (χ2n) is 6.84. The summed E-state index contributed by atoms with van der Waals surface area (Å²) < 4.78 is 8.02. The molecule has 8 nitrogen and oxygen atoms in total. The van der Waals surface area contributed by atoms with E-state index >= 15 is 0 Å². The van der Waals surface area contributed by atoms with E-state index in [0.717, 1.165) is 17.4 Å². The third-order valence-corrected chi connectivity index (χ3v) is 4.80. The first-order valence-corrected chi connectivity index (χ1v) is 9.19. The number of anilines is 1. The molecule has 144 valence electrons. The van der Waals surface area contributed by atoms with Gasteiger partial charge in [0.1, 0.15) is 6.54 Å². The number of nitrogens with zero attached hydrogens (tertiary/aromatic N) is 3. The molecule has 0 aromatic carbocycles. The minimum Gasteiger partial charge on any atom is -0.489 e. The number of amides is 1. The van der Waals surface area contributed by atoms with E-state index in [1.54, 1.807) is 18.3 Å². The normalized spacial score (nSPS) is 14.7. The number of carbonyl (C=O) groups excluding carboxylic acids is 1. The van der Waals surface area contributed by atoms with Crippen LogP contribution in [-0.2, 0) is 18.4 Å². The molecule has 0 unspecified atom stereocenters. The molecule has 1 aliphatic rings. The molecule has 2 aromatic rings. The SMILES string of the molecule is Cn1c(=O)ccn(CC(=O)Nc2ncccc2OCC2CCCCC2)c1=O. The van der Waals surface area contributed by atoms with Crippen molar-refractivity contribution in [3.05, 3.63) is 51.4 Å². The summed E-state index contributed by atoms with van der Waals surface area (Å²) in [6.45, 7) is 0.389. The summed E-state index contributed by atoms with van der Waals surface area (Å²) in [5, 5.41) is 2.69. The predicted octanol–water partition coefficient (Wildman–Crippen LogP) is 1.54. The number of ether oxygens (including phenoxy) is 1. The van der Waals surface area contributed by atoms with Crippen molar-refractivity contribution in [2.75, 3.05) is 11.9 Å². The minimum absolute atomic E-state index is 0.217. The van der Waals surface area contributed by atoms with Crippen molar-refractivity contribution < 1.29 is 9.53 Å². The van der Waals surface area contributed by atoms with Crippen molar-refractivity contribution in [3.63, 3.8) is 0 Å². The Labute approximate surface area is 156 Å². The van der Waals surface area contributed by atoms with Crippen LogP contribution in [0.2, 0.25) is 0 Å². The summed E-state index contributed by atoms with van der Waals surface area (Å²) in [5.74, 6) is 0.962. The highest BCUT2D eigenvalue weighted by Gasteiger charge is 2.16. The number of carbonyl (C=O) groups is 1. The summed E-state index contributed by atoms with van der Waals surface area (Å²) in [5.41, 5.74) is -0.966. The van der Waals surface area contributed by atoms with Gasteiger partial charge in [0.2, 0.25) is 5.91 Å². The van der Waals surface area contributed by atoms with Gasteiger partial charge < -0.3 is 10.1 Å². The molecular formula is C19H24N4O4. The molecule has 0 spiro atoms. The molecule has 1 fully saturated rings. The average molecular weight is 372 g/mol. The zero-order valence-corrected chi connectivity index (χ0v) is 15.4. The van der Waals surface area contributed by atoms with Crippen LogP contribution in [0.4, 0.5) is 5.82 Å². The Morgan fingerprint density at radius 3 is 2.81 bits per heavy atom. The fourth-order valence-electron chi connectivity index (χ4n) is 3.23. The van der Waals surface area contributed by atoms with Crippen LogP contribution in [0, 0.1) is 5.92 Å². The van der Waals surface area contributed by atoms with Gasteiger partial charge >= 0.3 is 5.69 Å². The first kappa shape index (κ1) is 18.9. The summed E-state index contributed by atoms with van der Waals surface area (Å²) in [6.07, 6.45) is 8.97. The maximum Gasteiger partial charge on any atom is 0.331 e. The molecule has 8 heteroatoms. The molecule has 0 aliphatic heterocycles. The molecule has 1 N–H and O–H groups in total. The van der Waals surface area contributed by atoms with Gasteiger partial charge in [-0.05, 0) is 30.9 Å². The summed E-state index contributed by atoms with van der Waals surface area (Å²) in [4.78, 5) is 40.0.